The highest BCUT2D eigenvalue weighted by molar-refractivity contribution is 7.89. The van der Waals surface area contributed by atoms with Crippen LogP contribution in [0.2, 0.25) is 0 Å². The Morgan fingerprint density at radius 1 is 0.968 bits per heavy atom. The van der Waals surface area contributed by atoms with Crippen molar-refractivity contribution in [2.24, 2.45) is 23.0 Å². The molecule has 0 heterocycles. The van der Waals surface area contributed by atoms with Crippen LogP contribution in [0.5, 0.6) is 0 Å². The van der Waals surface area contributed by atoms with Crippen LogP contribution in [-0.2, 0) is 19.6 Å². The zero-order valence-corrected chi connectivity index (χ0v) is 18.5. The number of hydrogen-bond donors (Lipinski definition) is 3. The molecule has 8 heteroatoms. The molecule has 0 aromatic heterocycles. The predicted molar refractivity (Wildman–Crippen MR) is 115 cm³/mol. The maximum Gasteiger partial charge on any atom is 0.241 e. The van der Waals surface area contributed by atoms with Crippen LogP contribution in [0.25, 0.3) is 0 Å². The van der Waals surface area contributed by atoms with E-state index in [-0.39, 0.29) is 16.7 Å². The summed E-state index contributed by atoms with van der Waals surface area (Å²) in [5.74, 6) is 0.302. The van der Waals surface area contributed by atoms with Crippen molar-refractivity contribution in [2.75, 3.05) is 0 Å². The SMILES string of the molecule is NC(=O)C12CC3CC(CC(NC(=O)C4(NS(=O)(=O)c5ccccc5)CCCC4)(C3)C1)C2. The largest absolute Gasteiger partial charge is 0.369 e. The van der Waals surface area contributed by atoms with E-state index in [4.69, 9.17) is 5.73 Å². The van der Waals surface area contributed by atoms with Crippen molar-refractivity contribution in [2.45, 2.75) is 80.2 Å². The van der Waals surface area contributed by atoms with Gasteiger partial charge in [0.25, 0.3) is 0 Å². The first-order chi connectivity index (χ1) is 14.7. The molecule has 5 saturated carbocycles. The van der Waals surface area contributed by atoms with E-state index in [1.54, 1.807) is 30.3 Å². The number of nitrogens with one attached hydrogen (secondary N) is 2. The van der Waals surface area contributed by atoms with Crippen LogP contribution in [0.4, 0.5) is 0 Å². The van der Waals surface area contributed by atoms with Gasteiger partial charge >= 0.3 is 0 Å². The molecule has 31 heavy (non-hydrogen) atoms. The summed E-state index contributed by atoms with van der Waals surface area (Å²) in [6.07, 6.45) is 7.59. The fraction of sp³-hybridized carbons (Fsp3) is 0.652. The highest BCUT2D eigenvalue weighted by atomic mass is 32.2. The summed E-state index contributed by atoms with van der Waals surface area (Å²) in [4.78, 5) is 26.2. The molecule has 168 valence electrons. The molecule has 0 aliphatic heterocycles. The molecule has 2 unspecified atom stereocenters. The van der Waals surface area contributed by atoms with Gasteiger partial charge in [0.15, 0.2) is 0 Å². The molecule has 2 atom stereocenters. The zero-order chi connectivity index (χ0) is 21.9. The lowest BCUT2D eigenvalue weighted by Crippen LogP contribution is -2.69. The third kappa shape index (κ3) is 3.48. The molecule has 5 fully saturated rings. The maximum absolute atomic E-state index is 13.7. The molecule has 2 amide bonds. The van der Waals surface area contributed by atoms with Gasteiger partial charge in [0.05, 0.1) is 10.3 Å². The van der Waals surface area contributed by atoms with Gasteiger partial charge < -0.3 is 11.1 Å². The van der Waals surface area contributed by atoms with Crippen LogP contribution in [0.15, 0.2) is 35.2 Å². The number of sulfonamides is 1. The molecule has 5 aliphatic carbocycles. The van der Waals surface area contributed by atoms with E-state index in [9.17, 15) is 18.0 Å². The third-order valence-electron chi connectivity index (χ3n) is 8.24. The second-order valence-electron chi connectivity index (χ2n) is 10.5. The summed E-state index contributed by atoms with van der Waals surface area (Å²) < 4.78 is 28.9. The number of hydrogen-bond acceptors (Lipinski definition) is 4. The summed E-state index contributed by atoms with van der Waals surface area (Å²) in [5, 5.41) is 3.29. The Morgan fingerprint density at radius 2 is 1.58 bits per heavy atom. The normalized spacial score (nSPS) is 35.7. The van der Waals surface area contributed by atoms with Crippen LogP contribution in [0.3, 0.4) is 0 Å². The lowest BCUT2D eigenvalue weighted by molar-refractivity contribution is -0.151. The van der Waals surface area contributed by atoms with Crippen molar-refractivity contribution >= 4 is 21.8 Å². The van der Waals surface area contributed by atoms with Crippen LogP contribution < -0.4 is 15.8 Å². The number of primary amides is 1. The Balaban J connectivity index is 1.41. The van der Waals surface area contributed by atoms with E-state index in [0.29, 0.717) is 31.1 Å². The summed E-state index contributed by atoms with van der Waals surface area (Å²) >= 11 is 0. The molecule has 5 aliphatic rings. The van der Waals surface area contributed by atoms with E-state index in [1.807, 2.05) is 0 Å². The zero-order valence-electron chi connectivity index (χ0n) is 17.7. The van der Waals surface area contributed by atoms with Gasteiger partial charge in [-0.1, -0.05) is 31.0 Å². The van der Waals surface area contributed by atoms with Gasteiger partial charge in [0, 0.05) is 5.54 Å². The number of carbonyl (C=O) groups excluding carboxylic acids is 2. The molecule has 6 rings (SSSR count). The van der Waals surface area contributed by atoms with Crippen molar-refractivity contribution in [3.05, 3.63) is 30.3 Å². The fourth-order valence-electron chi connectivity index (χ4n) is 7.33. The lowest BCUT2D eigenvalue weighted by atomic mass is 9.46. The van der Waals surface area contributed by atoms with E-state index in [0.717, 1.165) is 44.9 Å². The highest BCUT2D eigenvalue weighted by Crippen LogP contribution is 2.61. The minimum atomic E-state index is -3.82. The Labute approximate surface area is 183 Å². The van der Waals surface area contributed by atoms with Gasteiger partial charge in [0.2, 0.25) is 21.8 Å². The van der Waals surface area contributed by atoms with Crippen LogP contribution in [0, 0.1) is 17.3 Å². The van der Waals surface area contributed by atoms with Gasteiger partial charge in [-0.15, -0.1) is 0 Å². The Bertz CT molecular complexity index is 987. The number of rotatable bonds is 6. The summed E-state index contributed by atoms with van der Waals surface area (Å²) in [6, 6.07) is 8.19. The monoisotopic (exact) mass is 445 g/mol. The minimum absolute atomic E-state index is 0.163. The number of benzene rings is 1. The first kappa shape index (κ1) is 20.9. The first-order valence-corrected chi connectivity index (χ1v) is 12.9. The van der Waals surface area contributed by atoms with Gasteiger partial charge in [-0.3, -0.25) is 9.59 Å². The smallest absolute Gasteiger partial charge is 0.241 e. The molecule has 1 aromatic carbocycles. The number of amides is 2. The van der Waals surface area contributed by atoms with Crippen molar-refractivity contribution in [3.8, 4) is 0 Å². The molecule has 0 saturated heterocycles. The average Bonchev–Trinajstić information content (AvgIpc) is 3.16. The maximum atomic E-state index is 13.7. The molecular weight excluding hydrogens is 414 g/mol. The van der Waals surface area contributed by atoms with Gasteiger partial charge in [-0.25, -0.2) is 8.42 Å². The highest BCUT2D eigenvalue weighted by Gasteiger charge is 2.61. The predicted octanol–water partition coefficient (Wildman–Crippen LogP) is 2.22. The van der Waals surface area contributed by atoms with E-state index < -0.39 is 26.5 Å². The second kappa shape index (κ2) is 7.04. The summed E-state index contributed by atoms with van der Waals surface area (Å²) in [5.41, 5.74) is 3.71. The minimum Gasteiger partial charge on any atom is -0.369 e. The second-order valence-corrected chi connectivity index (χ2v) is 12.2. The summed E-state index contributed by atoms with van der Waals surface area (Å²) in [7, 11) is -3.82. The van der Waals surface area contributed by atoms with Gasteiger partial charge in [0.1, 0.15) is 5.54 Å². The van der Waals surface area contributed by atoms with Crippen LogP contribution >= 0.6 is 0 Å². The van der Waals surface area contributed by atoms with Crippen molar-refractivity contribution in [1.82, 2.24) is 10.0 Å². The molecule has 7 nitrogen and oxygen atoms in total. The molecule has 4 bridgehead atoms. The van der Waals surface area contributed by atoms with Crippen molar-refractivity contribution in [1.29, 1.82) is 0 Å². The number of nitrogens with two attached hydrogens (primary N) is 1. The Morgan fingerprint density at radius 3 is 2.16 bits per heavy atom. The van der Waals surface area contributed by atoms with Gasteiger partial charge in [-0.2, -0.15) is 4.72 Å². The summed E-state index contributed by atoms with van der Waals surface area (Å²) in [6.45, 7) is 0. The van der Waals surface area contributed by atoms with E-state index in [2.05, 4.69) is 10.0 Å². The fourth-order valence-corrected chi connectivity index (χ4v) is 8.77. The Kier molecular flexibility index (Phi) is 4.75. The van der Waals surface area contributed by atoms with Crippen LogP contribution in [0.1, 0.15) is 64.2 Å². The molecule has 0 radical (unpaired) electrons. The topological polar surface area (TPSA) is 118 Å². The molecule has 4 N–H and O–H groups in total. The standard InChI is InChI=1S/C23H31N3O4S/c24-19(27)21-11-16-10-17(12-21)14-22(13-16,15-21)25-20(28)23(8-4-5-9-23)26-31(29,30)18-6-2-1-3-7-18/h1-3,6-7,16-17,26H,4-5,8-15H2,(H2,24,27)(H,25,28). The van der Waals surface area contributed by atoms with E-state index in [1.165, 1.54) is 0 Å². The first-order valence-electron chi connectivity index (χ1n) is 11.4. The lowest BCUT2D eigenvalue weighted by Gasteiger charge is -2.61. The molecule has 0 spiro atoms. The Hall–Kier alpha value is -1.93. The van der Waals surface area contributed by atoms with Crippen LogP contribution in [-0.4, -0.2) is 31.3 Å². The van der Waals surface area contributed by atoms with E-state index >= 15 is 0 Å². The molecular formula is C23H31N3O4S. The van der Waals surface area contributed by atoms with Crippen molar-refractivity contribution in [3.63, 3.8) is 0 Å². The molecule has 1 aromatic rings. The number of carbonyl (C=O) groups is 2. The van der Waals surface area contributed by atoms with Gasteiger partial charge in [-0.05, 0) is 75.3 Å². The third-order valence-corrected chi connectivity index (χ3v) is 9.79. The average molecular weight is 446 g/mol. The quantitative estimate of drug-likeness (QED) is 0.622. The van der Waals surface area contributed by atoms with Crippen molar-refractivity contribution < 1.29 is 18.0 Å².